The van der Waals surface area contributed by atoms with Crippen molar-refractivity contribution in [2.45, 2.75) is 26.7 Å². The van der Waals surface area contributed by atoms with Crippen LogP contribution < -0.4 is 9.81 Å². The van der Waals surface area contributed by atoms with Gasteiger partial charge >= 0.3 is 293 Å². The molecule has 242 valence electrons. The van der Waals surface area contributed by atoms with Crippen LogP contribution in [0.5, 0.6) is 0 Å². The Morgan fingerprint density at radius 2 is 1.23 bits per heavy atom. The fourth-order valence-corrected chi connectivity index (χ4v) is 27.9. The molecule has 0 unspecified atom stereocenters. The maximum absolute atomic E-state index is 7.06. The van der Waals surface area contributed by atoms with Crippen molar-refractivity contribution in [2.75, 3.05) is 0 Å². The van der Waals surface area contributed by atoms with E-state index in [2.05, 4.69) is 111 Å². The average molecular weight is 829 g/mol. The fourth-order valence-electron chi connectivity index (χ4n) is 8.63. The summed E-state index contributed by atoms with van der Waals surface area (Å²) in [5, 5.41) is 7.46. The third kappa shape index (κ3) is 4.84. The van der Waals surface area contributed by atoms with Crippen LogP contribution in [0, 0.1) is 13.8 Å². The van der Waals surface area contributed by atoms with E-state index in [1.807, 2.05) is 12.1 Å². The summed E-state index contributed by atoms with van der Waals surface area (Å²) in [6.07, 6.45) is 8.30. The van der Waals surface area contributed by atoms with Crippen molar-refractivity contribution in [2.24, 2.45) is 0 Å². The van der Waals surface area contributed by atoms with Crippen molar-refractivity contribution in [1.82, 2.24) is 0 Å². The van der Waals surface area contributed by atoms with E-state index in [1.165, 1.54) is 50.4 Å². The molecule has 0 fully saturated rings. The average Bonchev–Trinajstić information content (AvgIpc) is 3.74. The third-order valence-corrected chi connectivity index (χ3v) is 28.7. The van der Waals surface area contributed by atoms with E-state index in [4.69, 9.17) is 50.6 Å². The topological polar surface area (TPSA) is 0 Å². The number of hydrogen-bond acceptors (Lipinski definition) is 0. The molecule has 0 aliphatic heterocycles. The van der Waals surface area contributed by atoms with E-state index in [9.17, 15) is 0 Å². The molecule has 8 rings (SSSR count). The van der Waals surface area contributed by atoms with Crippen molar-refractivity contribution < 1.29 is 18.3 Å². The van der Waals surface area contributed by atoms with E-state index in [1.54, 1.807) is 0 Å². The number of allylic oxidation sites excluding steroid dienone is 4. The zero-order valence-corrected chi connectivity index (χ0v) is 33.5. The van der Waals surface area contributed by atoms with Crippen LogP contribution in [0.3, 0.4) is 0 Å². The van der Waals surface area contributed by atoms with Gasteiger partial charge in [-0.1, -0.05) is 0 Å². The van der Waals surface area contributed by atoms with Crippen LogP contribution >= 0.6 is 71.2 Å². The Bertz CT molecular complexity index is 2390. The summed E-state index contributed by atoms with van der Waals surface area (Å²) in [5.41, 5.74) is 7.29. The van der Waals surface area contributed by atoms with E-state index in [0.717, 1.165) is 30.5 Å². The molecule has 7 heteroatoms. The summed E-state index contributed by atoms with van der Waals surface area (Å²) < 4.78 is 10.4. The van der Waals surface area contributed by atoms with Gasteiger partial charge in [-0.05, 0) is 0 Å². The van der Waals surface area contributed by atoms with Crippen LogP contribution in [0.15, 0.2) is 113 Å². The molecule has 6 aromatic carbocycles. The minimum absolute atomic E-state index is 0. The van der Waals surface area contributed by atoms with Crippen LogP contribution in [0.4, 0.5) is 0 Å². The first kappa shape index (κ1) is 35.6. The Hall–Kier alpha value is -2.19. The van der Waals surface area contributed by atoms with E-state index >= 15 is 0 Å². The SMILES string of the molecule is Cl.Cl.[CH2]=[Zr]([C]1=CC=CC1)([c]1cc(Cl)cc(Cl)c1C)([c]1cc(Cl)cc(Cl)c1C)[c]1cccc2c1c1c(c3ccccc32)-c2ccccc2C1. The zero-order valence-electron chi connectivity index (χ0n) is 26.3. The van der Waals surface area contributed by atoms with Crippen LogP contribution in [-0.2, 0) is 24.7 Å². The molecule has 0 heterocycles. The third-order valence-electron chi connectivity index (χ3n) is 10.7. The molecule has 0 amide bonds. The van der Waals surface area contributed by atoms with Crippen molar-refractivity contribution in [3.8, 4) is 11.1 Å². The molecule has 0 spiro atoms. The van der Waals surface area contributed by atoms with Gasteiger partial charge in [0, 0.05) is 0 Å². The second kappa shape index (κ2) is 12.9. The van der Waals surface area contributed by atoms with Gasteiger partial charge < -0.3 is 0 Å². The first-order chi connectivity index (χ1) is 22.1. The number of halogens is 6. The Morgan fingerprint density at radius 3 is 1.85 bits per heavy atom. The predicted octanol–water partition coefficient (Wildman–Crippen LogP) is 11.9. The van der Waals surface area contributed by atoms with Gasteiger partial charge in [0.15, 0.2) is 0 Å². The van der Waals surface area contributed by atoms with Crippen molar-refractivity contribution in [3.05, 3.63) is 155 Å². The molecule has 0 aromatic heterocycles. The molecule has 0 N–H and O–H groups in total. The Labute approximate surface area is 314 Å². The van der Waals surface area contributed by atoms with Gasteiger partial charge in [-0.25, -0.2) is 0 Å². The monoisotopic (exact) mass is 824 g/mol. The van der Waals surface area contributed by atoms with Gasteiger partial charge in [0.1, 0.15) is 0 Å². The molecule has 0 bridgehead atoms. The second-order valence-corrected chi connectivity index (χ2v) is 27.3. The number of rotatable bonds is 4. The van der Waals surface area contributed by atoms with E-state index in [0.29, 0.717) is 20.1 Å². The first-order valence-electron chi connectivity index (χ1n) is 15.5. The molecule has 0 radical (unpaired) electrons. The minimum atomic E-state index is -5.36. The summed E-state index contributed by atoms with van der Waals surface area (Å²) in [4.78, 5) is 0. The number of benzene rings is 6. The Morgan fingerprint density at radius 1 is 0.646 bits per heavy atom. The second-order valence-electron chi connectivity index (χ2n) is 12.9. The van der Waals surface area contributed by atoms with Gasteiger partial charge in [-0.3, -0.25) is 0 Å². The van der Waals surface area contributed by atoms with Gasteiger partial charge in [-0.15, -0.1) is 24.8 Å². The van der Waals surface area contributed by atoms with Gasteiger partial charge in [0.2, 0.25) is 0 Å². The molecule has 2 aliphatic carbocycles. The molecule has 6 aromatic rings. The van der Waals surface area contributed by atoms with E-state index < -0.39 is 18.3 Å². The molecule has 0 atom stereocenters. The summed E-state index contributed by atoms with van der Waals surface area (Å²) in [5.74, 6) is 0. The standard InChI is InChI=1S/C21H13.2C7H5Cl2.C5H5.CH2.2ClH.Zr/c1-2-8-15-14(7-1)13-20-18-11-4-3-9-16(18)17-10-5-6-12-19(17)21(15)20;2*1-5-2-3-6(8)4-7(5)9;1-2-4-5-3-1;;;;/h1-10,12H,13H2;2*3-4H,1H3;1-3H,4H2;1H2;2*1H;. The van der Waals surface area contributed by atoms with Gasteiger partial charge in [0.05, 0.1) is 0 Å². The molecular formula is C41H32Cl6Zr. The van der Waals surface area contributed by atoms with Crippen molar-refractivity contribution in [1.29, 1.82) is 0 Å². The van der Waals surface area contributed by atoms with Gasteiger partial charge in [0.25, 0.3) is 0 Å². The maximum atomic E-state index is 7.06. The van der Waals surface area contributed by atoms with Crippen LogP contribution in [-0.4, -0.2) is 4.21 Å². The fraction of sp³-hybridized carbons (Fsp3) is 0.0976. The Kier molecular flexibility index (Phi) is 9.54. The summed E-state index contributed by atoms with van der Waals surface area (Å²) in [7, 11) is 0. The molecule has 48 heavy (non-hydrogen) atoms. The molecule has 2 aliphatic rings. The Balaban J connectivity index is 0.00000201. The van der Waals surface area contributed by atoms with Crippen molar-refractivity contribution in [3.63, 3.8) is 0 Å². The van der Waals surface area contributed by atoms with Crippen LogP contribution in [0.1, 0.15) is 28.7 Å². The molecule has 0 saturated heterocycles. The zero-order chi connectivity index (χ0) is 32.0. The predicted molar refractivity (Wildman–Crippen MR) is 214 cm³/mol. The normalized spacial score (nSPS) is 13.6. The number of hydrogen-bond donors (Lipinski definition) is 0. The van der Waals surface area contributed by atoms with Crippen LogP contribution in [0.2, 0.25) is 20.1 Å². The van der Waals surface area contributed by atoms with Crippen molar-refractivity contribution >= 4 is 107 Å². The summed E-state index contributed by atoms with van der Waals surface area (Å²) in [6, 6.07) is 32.4. The summed E-state index contributed by atoms with van der Waals surface area (Å²) >= 11 is 22.7. The van der Waals surface area contributed by atoms with Crippen LogP contribution in [0.25, 0.3) is 32.7 Å². The van der Waals surface area contributed by atoms with E-state index in [-0.39, 0.29) is 24.8 Å². The number of fused-ring (bicyclic) bond motifs is 8. The molecule has 0 saturated carbocycles. The summed E-state index contributed by atoms with van der Waals surface area (Å²) in [6.45, 7) is 4.22. The quantitative estimate of drug-likeness (QED) is 0.155. The molecular weight excluding hydrogens is 796 g/mol. The molecule has 0 nitrogen and oxygen atoms in total. The first-order valence-corrected chi connectivity index (χ1v) is 23.7. The van der Waals surface area contributed by atoms with Gasteiger partial charge in [-0.2, -0.15) is 0 Å².